The van der Waals surface area contributed by atoms with Crippen LogP contribution in [0, 0.1) is 0 Å². The number of nitrogens with zero attached hydrogens (tertiary/aromatic N) is 1. The number of carbonyl (C=O) groups is 1. The molecule has 1 saturated heterocycles. The van der Waals surface area contributed by atoms with Crippen molar-refractivity contribution in [3.05, 3.63) is 56.9 Å². The molecular weight excluding hydrogens is 413 g/mol. The first-order valence-electron chi connectivity index (χ1n) is 7.39. The van der Waals surface area contributed by atoms with Gasteiger partial charge in [0, 0.05) is 0 Å². The van der Waals surface area contributed by atoms with Gasteiger partial charge in [-0.05, 0) is 42.0 Å². The van der Waals surface area contributed by atoms with E-state index in [1.165, 1.54) is 16.7 Å². The second-order valence-corrected chi connectivity index (χ2v) is 7.72. The van der Waals surface area contributed by atoms with Crippen LogP contribution in [0.3, 0.4) is 0 Å². The molecule has 0 saturated carbocycles. The van der Waals surface area contributed by atoms with Crippen LogP contribution in [0.5, 0.6) is 11.5 Å². The molecule has 0 spiro atoms. The van der Waals surface area contributed by atoms with Crippen LogP contribution < -0.4 is 14.4 Å². The Morgan fingerprint density at radius 3 is 2.42 bits per heavy atom. The zero-order chi connectivity index (χ0) is 18.8. The van der Waals surface area contributed by atoms with Crippen molar-refractivity contribution in [2.24, 2.45) is 0 Å². The number of halogens is 2. The smallest absolute Gasteiger partial charge is 0.270 e. The average molecular weight is 426 g/mol. The standard InChI is InChI=1S/C18H13Cl2NO3S2/c1-23-14-6-3-10(7-15(14)24-2)8-16-17(22)21(18(25)26-16)11-4-5-12(19)13(20)9-11/h3-9H,1-2H3/b16-8-. The molecule has 1 aliphatic heterocycles. The molecule has 4 nitrogen and oxygen atoms in total. The van der Waals surface area contributed by atoms with Gasteiger partial charge in [0.25, 0.3) is 5.91 Å². The lowest BCUT2D eigenvalue weighted by Crippen LogP contribution is -2.27. The van der Waals surface area contributed by atoms with E-state index in [1.807, 2.05) is 6.07 Å². The zero-order valence-corrected chi connectivity index (χ0v) is 16.9. The highest BCUT2D eigenvalue weighted by Crippen LogP contribution is 2.38. The first-order chi connectivity index (χ1) is 12.4. The third-order valence-electron chi connectivity index (χ3n) is 3.66. The molecule has 8 heteroatoms. The van der Waals surface area contributed by atoms with Crippen molar-refractivity contribution < 1.29 is 14.3 Å². The first kappa shape index (κ1) is 19.0. The van der Waals surface area contributed by atoms with Gasteiger partial charge in [0.05, 0.1) is 34.9 Å². The van der Waals surface area contributed by atoms with Gasteiger partial charge in [-0.15, -0.1) is 0 Å². The second kappa shape index (κ2) is 7.88. The van der Waals surface area contributed by atoms with Gasteiger partial charge in [0.1, 0.15) is 0 Å². The van der Waals surface area contributed by atoms with Gasteiger partial charge >= 0.3 is 0 Å². The zero-order valence-electron chi connectivity index (χ0n) is 13.8. The van der Waals surface area contributed by atoms with Crippen LogP contribution in [0.2, 0.25) is 10.0 Å². The van der Waals surface area contributed by atoms with Crippen molar-refractivity contribution in [1.29, 1.82) is 0 Å². The summed E-state index contributed by atoms with van der Waals surface area (Å²) >= 11 is 18.6. The number of thiocarbonyl (C=S) groups is 1. The summed E-state index contributed by atoms with van der Waals surface area (Å²) in [6.07, 6.45) is 1.76. The first-order valence-corrected chi connectivity index (χ1v) is 9.37. The van der Waals surface area contributed by atoms with Crippen LogP contribution in [0.25, 0.3) is 6.08 Å². The highest BCUT2D eigenvalue weighted by Gasteiger charge is 2.33. The predicted octanol–water partition coefficient (Wildman–Crippen LogP) is 5.42. The molecule has 0 N–H and O–H groups in total. The summed E-state index contributed by atoms with van der Waals surface area (Å²) < 4.78 is 11.0. The molecular formula is C18H13Cl2NO3S2. The molecule has 1 fully saturated rings. The van der Waals surface area contributed by atoms with Crippen molar-refractivity contribution in [1.82, 2.24) is 0 Å². The highest BCUT2D eigenvalue weighted by molar-refractivity contribution is 8.27. The minimum Gasteiger partial charge on any atom is -0.493 e. The lowest BCUT2D eigenvalue weighted by Gasteiger charge is -2.15. The minimum atomic E-state index is -0.215. The second-order valence-electron chi connectivity index (χ2n) is 5.23. The lowest BCUT2D eigenvalue weighted by atomic mass is 10.2. The van der Waals surface area contributed by atoms with Gasteiger partial charge in [-0.25, -0.2) is 0 Å². The number of anilines is 1. The van der Waals surface area contributed by atoms with Crippen LogP contribution >= 0.6 is 47.2 Å². The molecule has 0 aromatic heterocycles. The molecule has 1 heterocycles. The van der Waals surface area contributed by atoms with Gasteiger partial charge in [-0.1, -0.05) is 53.2 Å². The van der Waals surface area contributed by atoms with E-state index in [4.69, 9.17) is 44.9 Å². The number of methoxy groups -OCH3 is 2. The molecule has 0 atom stereocenters. The van der Waals surface area contributed by atoms with Crippen LogP contribution in [-0.4, -0.2) is 24.4 Å². The van der Waals surface area contributed by atoms with Crippen molar-refractivity contribution >= 4 is 69.2 Å². The van der Waals surface area contributed by atoms with Crippen LogP contribution in [0.4, 0.5) is 5.69 Å². The van der Waals surface area contributed by atoms with E-state index in [0.29, 0.717) is 36.5 Å². The molecule has 2 aromatic carbocycles. The summed E-state index contributed by atoms with van der Waals surface area (Å²) in [6, 6.07) is 10.4. The number of rotatable bonds is 4. The van der Waals surface area contributed by atoms with E-state index in [-0.39, 0.29) is 5.91 Å². The normalized spacial score (nSPS) is 15.7. The summed E-state index contributed by atoms with van der Waals surface area (Å²) in [5.41, 5.74) is 1.38. The van der Waals surface area contributed by atoms with Crippen molar-refractivity contribution in [2.75, 3.05) is 19.1 Å². The average Bonchev–Trinajstić information content (AvgIpc) is 2.91. The molecule has 0 unspecified atom stereocenters. The number of amides is 1. The SMILES string of the molecule is COc1ccc(/C=C2\SC(=S)N(c3ccc(Cl)c(Cl)c3)C2=O)cc1OC. The molecule has 2 aromatic rings. The topological polar surface area (TPSA) is 38.8 Å². The number of benzene rings is 2. The molecule has 26 heavy (non-hydrogen) atoms. The molecule has 0 bridgehead atoms. The van der Waals surface area contributed by atoms with Gasteiger partial charge in [0.15, 0.2) is 15.8 Å². The minimum absolute atomic E-state index is 0.215. The number of hydrogen-bond acceptors (Lipinski definition) is 5. The Bertz CT molecular complexity index is 931. The quantitative estimate of drug-likeness (QED) is 0.483. The Morgan fingerprint density at radius 1 is 1.04 bits per heavy atom. The fraction of sp³-hybridized carbons (Fsp3) is 0.111. The fourth-order valence-electron chi connectivity index (χ4n) is 2.41. The Labute approximate surface area is 170 Å². The maximum absolute atomic E-state index is 12.8. The van der Waals surface area contributed by atoms with E-state index >= 15 is 0 Å². The Kier molecular flexibility index (Phi) is 5.77. The molecule has 0 aliphatic carbocycles. The summed E-state index contributed by atoms with van der Waals surface area (Å²) in [4.78, 5) is 14.8. The summed E-state index contributed by atoms with van der Waals surface area (Å²) in [5.74, 6) is 0.988. The van der Waals surface area contributed by atoms with E-state index in [9.17, 15) is 4.79 Å². The highest BCUT2D eigenvalue weighted by atomic mass is 35.5. The number of ether oxygens (including phenoxy) is 2. The Balaban J connectivity index is 1.93. The predicted molar refractivity (Wildman–Crippen MR) is 112 cm³/mol. The monoisotopic (exact) mass is 425 g/mol. The maximum atomic E-state index is 12.8. The Hall–Kier alpha value is -1.73. The van der Waals surface area contributed by atoms with Crippen molar-refractivity contribution in [3.63, 3.8) is 0 Å². The van der Waals surface area contributed by atoms with Crippen LogP contribution in [-0.2, 0) is 4.79 Å². The molecule has 1 amide bonds. The van der Waals surface area contributed by atoms with Gasteiger partial charge < -0.3 is 9.47 Å². The van der Waals surface area contributed by atoms with E-state index in [2.05, 4.69) is 0 Å². The van der Waals surface area contributed by atoms with Crippen LogP contribution in [0.15, 0.2) is 41.3 Å². The number of hydrogen-bond donors (Lipinski definition) is 0. The van der Waals surface area contributed by atoms with Crippen molar-refractivity contribution in [2.45, 2.75) is 0 Å². The largest absolute Gasteiger partial charge is 0.493 e. The fourth-order valence-corrected chi connectivity index (χ4v) is 4.00. The van der Waals surface area contributed by atoms with Gasteiger partial charge in [0.2, 0.25) is 0 Å². The summed E-state index contributed by atoms with van der Waals surface area (Å²) in [7, 11) is 3.13. The van der Waals surface area contributed by atoms with Gasteiger partial charge in [-0.3, -0.25) is 9.69 Å². The summed E-state index contributed by atoms with van der Waals surface area (Å²) in [6.45, 7) is 0. The lowest BCUT2D eigenvalue weighted by molar-refractivity contribution is -0.113. The van der Waals surface area contributed by atoms with Crippen molar-refractivity contribution in [3.8, 4) is 11.5 Å². The number of thioether (sulfide) groups is 1. The third kappa shape index (κ3) is 3.69. The van der Waals surface area contributed by atoms with E-state index in [0.717, 1.165) is 5.56 Å². The Morgan fingerprint density at radius 2 is 1.77 bits per heavy atom. The van der Waals surface area contributed by atoms with E-state index in [1.54, 1.807) is 50.6 Å². The maximum Gasteiger partial charge on any atom is 0.270 e. The number of carbonyl (C=O) groups excluding carboxylic acids is 1. The summed E-state index contributed by atoms with van der Waals surface area (Å²) in [5, 5.41) is 0.781. The van der Waals surface area contributed by atoms with Gasteiger partial charge in [-0.2, -0.15) is 0 Å². The molecule has 3 rings (SSSR count). The third-order valence-corrected chi connectivity index (χ3v) is 5.70. The molecule has 1 aliphatic rings. The van der Waals surface area contributed by atoms with E-state index < -0.39 is 0 Å². The molecule has 134 valence electrons. The molecule has 0 radical (unpaired) electrons. The van der Waals surface area contributed by atoms with Crippen LogP contribution in [0.1, 0.15) is 5.56 Å².